The van der Waals surface area contributed by atoms with Crippen molar-refractivity contribution in [3.05, 3.63) is 57.8 Å². The van der Waals surface area contributed by atoms with Crippen LogP contribution in [0.15, 0.2) is 41.1 Å². The van der Waals surface area contributed by atoms with Crippen molar-refractivity contribution >= 4 is 23.7 Å². The number of thiophene rings is 1. The molecule has 0 aliphatic rings. The predicted octanol–water partition coefficient (Wildman–Crippen LogP) is 4.24. The molecule has 1 heterocycles. The van der Waals surface area contributed by atoms with Gasteiger partial charge in [0, 0.05) is 0 Å². The summed E-state index contributed by atoms with van der Waals surface area (Å²) in [7, 11) is 0. The van der Waals surface area contributed by atoms with Crippen LogP contribution in [0.1, 0.15) is 22.7 Å². The SMILES string of the molecule is Cl.N[C@@H](c1ccsc1)c1cccc(C(F)(F)F)c1. The van der Waals surface area contributed by atoms with E-state index >= 15 is 0 Å². The molecule has 18 heavy (non-hydrogen) atoms. The van der Waals surface area contributed by atoms with Gasteiger partial charge in [-0.1, -0.05) is 12.1 Å². The van der Waals surface area contributed by atoms with Crippen LogP contribution in [0.2, 0.25) is 0 Å². The molecule has 0 fully saturated rings. The summed E-state index contributed by atoms with van der Waals surface area (Å²) in [6.45, 7) is 0. The molecule has 0 aliphatic heterocycles. The molecular formula is C12H11ClF3NS. The van der Waals surface area contributed by atoms with Gasteiger partial charge in [-0.25, -0.2) is 0 Å². The number of hydrogen-bond donors (Lipinski definition) is 1. The van der Waals surface area contributed by atoms with Crippen LogP contribution in [0, 0.1) is 0 Å². The third-order valence-corrected chi connectivity index (χ3v) is 3.18. The Morgan fingerprint density at radius 1 is 1.11 bits per heavy atom. The lowest BCUT2D eigenvalue weighted by Gasteiger charge is -2.13. The summed E-state index contributed by atoms with van der Waals surface area (Å²) >= 11 is 1.47. The smallest absolute Gasteiger partial charge is 0.320 e. The Bertz CT molecular complexity index is 496. The van der Waals surface area contributed by atoms with E-state index in [4.69, 9.17) is 5.73 Å². The van der Waals surface area contributed by atoms with Gasteiger partial charge < -0.3 is 5.73 Å². The second-order valence-corrected chi connectivity index (χ2v) is 4.44. The minimum Gasteiger partial charge on any atom is -0.320 e. The Morgan fingerprint density at radius 2 is 1.83 bits per heavy atom. The van der Waals surface area contributed by atoms with Crippen LogP contribution in [-0.2, 0) is 6.18 Å². The Kier molecular flexibility index (Phi) is 4.78. The molecule has 0 radical (unpaired) electrons. The molecule has 98 valence electrons. The van der Waals surface area contributed by atoms with Gasteiger partial charge in [-0.15, -0.1) is 12.4 Å². The summed E-state index contributed by atoms with van der Waals surface area (Å²) in [5.74, 6) is 0. The maximum atomic E-state index is 12.5. The molecule has 0 bridgehead atoms. The lowest BCUT2D eigenvalue weighted by Crippen LogP contribution is -2.13. The molecule has 0 saturated carbocycles. The first-order valence-electron chi connectivity index (χ1n) is 4.93. The second-order valence-electron chi connectivity index (χ2n) is 3.66. The first-order chi connectivity index (χ1) is 7.98. The van der Waals surface area contributed by atoms with Crippen LogP contribution >= 0.6 is 23.7 Å². The van der Waals surface area contributed by atoms with E-state index in [2.05, 4.69) is 0 Å². The van der Waals surface area contributed by atoms with E-state index in [0.717, 1.165) is 17.7 Å². The zero-order chi connectivity index (χ0) is 12.5. The van der Waals surface area contributed by atoms with Crippen LogP contribution in [0.3, 0.4) is 0 Å². The monoisotopic (exact) mass is 293 g/mol. The number of alkyl halides is 3. The van der Waals surface area contributed by atoms with Gasteiger partial charge in [-0.2, -0.15) is 24.5 Å². The predicted molar refractivity (Wildman–Crippen MR) is 69.0 cm³/mol. The fraction of sp³-hybridized carbons (Fsp3) is 0.167. The van der Waals surface area contributed by atoms with Crippen molar-refractivity contribution in [1.29, 1.82) is 0 Å². The average Bonchev–Trinajstić information content (AvgIpc) is 2.80. The van der Waals surface area contributed by atoms with Crippen LogP contribution in [-0.4, -0.2) is 0 Å². The number of rotatable bonds is 2. The standard InChI is InChI=1S/C12H10F3NS.ClH/c13-12(14,15)10-3-1-2-8(6-10)11(16)9-4-5-17-7-9;/h1-7,11H,16H2;1H/t11-;/m1./s1. The van der Waals surface area contributed by atoms with Crippen LogP contribution in [0.4, 0.5) is 13.2 Å². The van der Waals surface area contributed by atoms with Crippen molar-refractivity contribution in [1.82, 2.24) is 0 Å². The highest BCUT2D eigenvalue weighted by Crippen LogP contribution is 2.31. The van der Waals surface area contributed by atoms with Gasteiger partial charge in [-0.3, -0.25) is 0 Å². The van der Waals surface area contributed by atoms with Gasteiger partial charge >= 0.3 is 6.18 Å². The van der Waals surface area contributed by atoms with Gasteiger partial charge in [-0.05, 0) is 40.1 Å². The van der Waals surface area contributed by atoms with Crippen LogP contribution in [0.25, 0.3) is 0 Å². The van der Waals surface area contributed by atoms with Gasteiger partial charge in [0.15, 0.2) is 0 Å². The number of hydrogen-bond acceptors (Lipinski definition) is 2. The summed E-state index contributed by atoms with van der Waals surface area (Å²) < 4.78 is 37.6. The Morgan fingerprint density at radius 3 is 2.39 bits per heavy atom. The summed E-state index contributed by atoms with van der Waals surface area (Å²) in [4.78, 5) is 0. The Labute approximate surface area is 113 Å². The molecule has 1 aromatic carbocycles. The highest BCUT2D eigenvalue weighted by molar-refractivity contribution is 7.08. The molecule has 0 unspecified atom stereocenters. The van der Waals surface area contributed by atoms with Crippen molar-refractivity contribution in [3.8, 4) is 0 Å². The van der Waals surface area contributed by atoms with E-state index in [1.165, 1.54) is 17.4 Å². The summed E-state index contributed by atoms with van der Waals surface area (Å²) in [6.07, 6.45) is -4.33. The molecular weight excluding hydrogens is 283 g/mol. The maximum absolute atomic E-state index is 12.5. The minimum absolute atomic E-state index is 0. The Hall–Kier alpha value is -1.04. The molecule has 0 aliphatic carbocycles. The number of benzene rings is 1. The minimum atomic E-state index is -4.33. The number of halogens is 4. The molecule has 1 atom stereocenters. The first kappa shape index (κ1) is 15.0. The van der Waals surface area contributed by atoms with E-state index in [-0.39, 0.29) is 12.4 Å². The van der Waals surface area contributed by atoms with E-state index in [9.17, 15) is 13.2 Å². The van der Waals surface area contributed by atoms with Crippen LogP contribution in [0.5, 0.6) is 0 Å². The summed E-state index contributed by atoms with van der Waals surface area (Å²) in [5.41, 5.74) is 6.54. The first-order valence-corrected chi connectivity index (χ1v) is 5.87. The highest BCUT2D eigenvalue weighted by Gasteiger charge is 2.30. The van der Waals surface area contributed by atoms with Gasteiger partial charge in [0.25, 0.3) is 0 Å². The van der Waals surface area contributed by atoms with Crippen molar-refractivity contribution in [2.45, 2.75) is 12.2 Å². The van der Waals surface area contributed by atoms with Crippen molar-refractivity contribution < 1.29 is 13.2 Å². The molecule has 0 saturated heterocycles. The van der Waals surface area contributed by atoms with Crippen molar-refractivity contribution in [3.63, 3.8) is 0 Å². The van der Waals surface area contributed by atoms with E-state index in [1.807, 2.05) is 16.8 Å². The molecule has 2 aromatic rings. The third kappa shape index (κ3) is 3.25. The van der Waals surface area contributed by atoms with Crippen LogP contribution < -0.4 is 5.73 Å². The van der Waals surface area contributed by atoms with Gasteiger partial charge in [0.05, 0.1) is 11.6 Å². The average molecular weight is 294 g/mol. The quantitative estimate of drug-likeness (QED) is 0.881. The lowest BCUT2D eigenvalue weighted by atomic mass is 10.00. The normalized spacial score (nSPS) is 12.9. The van der Waals surface area contributed by atoms with E-state index < -0.39 is 17.8 Å². The molecule has 6 heteroatoms. The second kappa shape index (κ2) is 5.73. The zero-order valence-corrected chi connectivity index (χ0v) is 10.8. The van der Waals surface area contributed by atoms with Gasteiger partial charge in [0.1, 0.15) is 0 Å². The summed E-state index contributed by atoms with van der Waals surface area (Å²) in [5, 5.41) is 3.69. The van der Waals surface area contributed by atoms with Gasteiger partial charge in [0.2, 0.25) is 0 Å². The molecule has 2 N–H and O–H groups in total. The highest BCUT2D eigenvalue weighted by atomic mass is 35.5. The Balaban J connectivity index is 0.00000162. The fourth-order valence-electron chi connectivity index (χ4n) is 1.55. The van der Waals surface area contributed by atoms with E-state index in [1.54, 1.807) is 6.07 Å². The fourth-order valence-corrected chi connectivity index (χ4v) is 2.25. The molecule has 0 spiro atoms. The molecule has 2 rings (SSSR count). The van der Waals surface area contributed by atoms with E-state index in [0.29, 0.717) is 5.56 Å². The molecule has 1 aromatic heterocycles. The number of nitrogens with two attached hydrogens (primary N) is 1. The third-order valence-electron chi connectivity index (χ3n) is 2.48. The largest absolute Gasteiger partial charge is 0.416 e. The van der Waals surface area contributed by atoms with Crippen molar-refractivity contribution in [2.24, 2.45) is 5.73 Å². The topological polar surface area (TPSA) is 26.0 Å². The molecule has 0 amide bonds. The van der Waals surface area contributed by atoms with Crippen molar-refractivity contribution in [2.75, 3.05) is 0 Å². The maximum Gasteiger partial charge on any atom is 0.416 e. The lowest BCUT2D eigenvalue weighted by molar-refractivity contribution is -0.137. The molecule has 1 nitrogen and oxygen atoms in total. The summed E-state index contributed by atoms with van der Waals surface area (Å²) in [6, 6.07) is 6.44. The zero-order valence-electron chi connectivity index (χ0n) is 9.15.